The maximum absolute atomic E-state index is 11.2. The Bertz CT molecular complexity index is 592. The van der Waals surface area contributed by atoms with Gasteiger partial charge in [0.05, 0.1) is 11.5 Å². The van der Waals surface area contributed by atoms with E-state index < -0.39 is 16.0 Å². The number of hydrogen-bond donors (Lipinski definition) is 2. The summed E-state index contributed by atoms with van der Waals surface area (Å²) in [5, 5.41) is 14.0. The van der Waals surface area contributed by atoms with Crippen LogP contribution in [0.2, 0.25) is 0 Å². The average Bonchev–Trinajstić information content (AvgIpc) is 3.11. The molecule has 0 aromatic heterocycles. The Labute approximate surface area is 111 Å². The Hall–Kier alpha value is -1.60. The molecular formula is C12H15NO5S. The van der Waals surface area contributed by atoms with Gasteiger partial charge < -0.3 is 9.84 Å². The summed E-state index contributed by atoms with van der Waals surface area (Å²) in [5.41, 5.74) is -0.192. The third-order valence-electron chi connectivity index (χ3n) is 2.99. The van der Waals surface area contributed by atoms with Gasteiger partial charge in [-0.1, -0.05) is 12.8 Å². The lowest BCUT2D eigenvalue weighted by Gasteiger charge is -2.10. The molecule has 0 bridgehead atoms. The number of sulfonamides is 1. The molecule has 3 N–H and O–H groups in total. The van der Waals surface area contributed by atoms with Gasteiger partial charge in [0.1, 0.15) is 11.3 Å². The van der Waals surface area contributed by atoms with Crippen molar-refractivity contribution in [1.29, 1.82) is 0 Å². The van der Waals surface area contributed by atoms with E-state index >= 15 is 0 Å². The predicted octanol–water partition coefficient (Wildman–Crippen LogP) is 1.21. The molecule has 2 rings (SSSR count). The van der Waals surface area contributed by atoms with Crippen molar-refractivity contribution in [2.45, 2.75) is 24.2 Å². The van der Waals surface area contributed by atoms with E-state index in [-0.39, 0.29) is 16.2 Å². The minimum absolute atomic E-state index is 0.167. The van der Waals surface area contributed by atoms with Gasteiger partial charge in [0, 0.05) is 0 Å². The highest BCUT2D eigenvalue weighted by Gasteiger charge is 2.22. The number of carbonyl (C=O) groups is 1. The van der Waals surface area contributed by atoms with Gasteiger partial charge >= 0.3 is 5.97 Å². The summed E-state index contributed by atoms with van der Waals surface area (Å²) in [5.74, 6) is -0.399. The van der Waals surface area contributed by atoms with Gasteiger partial charge in [-0.25, -0.2) is 18.4 Å². The number of carboxylic acid groups (broad SMARTS) is 1. The topological polar surface area (TPSA) is 107 Å². The maximum Gasteiger partial charge on any atom is 0.339 e. The van der Waals surface area contributed by atoms with E-state index in [2.05, 4.69) is 0 Å². The largest absolute Gasteiger partial charge is 0.493 e. The van der Waals surface area contributed by atoms with Crippen LogP contribution in [0.25, 0.3) is 0 Å². The van der Waals surface area contributed by atoms with E-state index in [4.69, 9.17) is 15.0 Å². The van der Waals surface area contributed by atoms with E-state index in [0.29, 0.717) is 12.5 Å². The zero-order chi connectivity index (χ0) is 14.0. The molecule has 6 nitrogen and oxygen atoms in total. The van der Waals surface area contributed by atoms with Crippen molar-refractivity contribution in [3.63, 3.8) is 0 Å². The molecule has 1 aromatic carbocycles. The first-order valence-corrected chi connectivity index (χ1v) is 7.45. The van der Waals surface area contributed by atoms with Crippen molar-refractivity contribution >= 4 is 16.0 Å². The van der Waals surface area contributed by atoms with Crippen molar-refractivity contribution in [3.05, 3.63) is 23.8 Å². The molecule has 7 heteroatoms. The first-order chi connectivity index (χ1) is 8.88. The molecule has 0 atom stereocenters. The Morgan fingerprint density at radius 3 is 2.63 bits per heavy atom. The highest BCUT2D eigenvalue weighted by molar-refractivity contribution is 7.89. The molecule has 0 saturated heterocycles. The van der Waals surface area contributed by atoms with Gasteiger partial charge in [0.25, 0.3) is 0 Å². The average molecular weight is 285 g/mol. The second kappa shape index (κ2) is 5.18. The van der Waals surface area contributed by atoms with Gasteiger partial charge in [0.2, 0.25) is 10.0 Å². The second-order valence-corrected chi connectivity index (χ2v) is 6.15. The summed E-state index contributed by atoms with van der Waals surface area (Å²) >= 11 is 0. The number of hydrogen-bond acceptors (Lipinski definition) is 4. The maximum atomic E-state index is 11.2. The standard InChI is InChI=1S/C12H15NO5S/c13-19(16,17)9-3-4-11(10(7-9)12(14)15)18-6-5-8-1-2-8/h3-4,7-8H,1-2,5-6H2,(H,14,15)(H2,13,16,17). The summed E-state index contributed by atoms with van der Waals surface area (Å²) in [4.78, 5) is 10.9. The van der Waals surface area contributed by atoms with Gasteiger partial charge in [-0.15, -0.1) is 0 Å². The van der Waals surface area contributed by atoms with E-state index in [1.807, 2.05) is 0 Å². The lowest BCUT2D eigenvalue weighted by molar-refractivity contribution is 0.0692. The van der Waals surface area contributed by atoms with Crippen molar-refractivity contribution in [2.75, 3.05) is 6.61 Å². The van der Waals surface area contributed by atoms with Crippen molar-refractivity contribution < 1.29 is 23.1 Å². The van der Waals surface area contributed by atoms with Crippen molar-refractivity contribution in [1.82, 2.24) is 0 Å². The lowest BCUT2D eigenvalue weighted by Crippen LogP contribution is -2.14. The van der Waals surface area contributed by atoms with E-state index in [9.17, 15) is 13.2 Å². The molecule has 0 amide bonds. The third-order valence-corrected chi connectivity index (χ3v) is 3.90. The molecule has 1 aliphatic carbocycles. The second-order valence-electron chi connectivity index (χ2n) is 4.59. The summed E-state index contributed by atoms with van der Waals surface area (Å²) in [6, 6.07) is 3.59. The summed E-state index contributed by atoms with van der Waals surface area (Å²) in [6.07, 6.45) is 3.27. The van der Waals surface area contributed by atoms with Gasteiger partial charge in [-0.05, 0) is 30.5 Å². The first-order valence-electron chi connectivity index (χ1n) is 5.91. The minimum atomic E-state index is -3.92. The Morgan fingerprint density at radius 2 is 2.11 bits per heavy atom. The predicted molar refractivity (Wildman–Crippen MR) is 67.6 cm³/mol. The van der Waals surface area contributed by atoms with Crippen LogP contribution >= 0.6 is 0 Å². The van der Waals surface area contributed by atoms with Crippen LogP contribution in [0, 0.1) is 5.92 Å². The van der Waals surface area contributed by atoms with Crippen molar-refractivity contribution in [2.24, 2.45) is 11.1 Å². The van der Waals surface area contributed by atoms with Gasteiger partial charge in [-0.2, -0.15) is 0 Å². The molecule has 0 heterocycles. The molecule has 19 heavy (non-hydrogen) atoms. The number of ether oxygens (including phenoxy) is 1. The highest BCUT2D eigenvalue weighted by Crippen LogP contribution is 2.32. The van der Waals surface area contributed by atoms with Crippen LogP contribution in [0.3, 0.4) is 0 Å². The monoisotopic (exact) mass is 285 g/mol. The normalized spacial score (nSPS) is 15.2. The molecule has 0 unspecified atom stereocenters. The van der Waals surface area contributed by atoms with E-state index in [1.54, 1.807) is 0 Å². The number of aromatic carboxylic acids is 1. The van der Waals surface area contributed by atoms with E-state index in [1.165, 1.54) is 25.0 Å². The summed E-state index contributed by atoms with van der Waals surface area (Å²) in [7, 11) is -3.92. The van der Waals surface area contributed by atoms with Crippen molar-refractivity contribution in [3.8, 4) is 5.75 Å². The molecular weight excluding hydrogens is 270 g/mol. The van der Waals surface area contributed by atoms with Crippen LogP contribution in [0.4, 0.5) is 0 Å². The number of primary sulfonamides is 1. The van der Waals surface area contributed by atoms with Crippen LogP contribution in [0.15, 0.2) is 23.1 Å². The molecule has 0 radical (unpaired) electrons. The Kier molecular flexibility index (Phi) is 3.77. The molecule has 1 aliphatic rings. The number of carboxylic acids is 1. The molecule has 104 valence electrons. The smallest absolute Gasteiger partial charge is 0.339 e. The lowest BCUT2D eigenvalue weighted by atomic mass is 10.2. The Morgan fingerprint density at radius 1 is 1.42 bits per heavy atom. The summed E-state index contributed by atoms with van der Waals surface area (Å²) < 4.78 is 27.7. The number of benzene rings is 1. The highest BCUT2D eigenvalue weighted by atomic mass is 32.2. The van der Waals surface area contributed by atoms with Crippen LogP contribution in [-0.2, 0) is 10.0 Å². The molecule has 1 saturated carbocycles. The molecule has 1 fully saturated rings. The van der Waals surface area contributed by atoms with Crippen LogP contribution < -0.4 is 9.88 Å². The quantitative estimate of drug-likeness (QED) is 0.817. The minimum Gasteiger partial charge on any atom is -0.493 e. The molecule has 0 aliphatic heterocycles. The molecule has 1 aromatic rings. The first kappa shape index (κ1) is 13.8. The third kappa shape index (κ3) is 3.68. The summed E-state index contributed by atoms with van der Waals surface area (Å²) in [6.45, 7) is 0.430. The van der Waals surface area contributed by atoms with Crippen LogP contribution in [0.1, 0.15) is 29.6 Å². The van der Waals surface area contributed by atoms with Gasteiger partial charge in [0.15, 0.2) is 0 Å². The number of rotatable bonds is 6. The van der Waals surface area contributed by atoms with Crippen LogP contribution in [-0.4, -0.2) is 26.1 Å². The SMILES string of the molecule is NS(=O)(=O)c1ccc(OCCC2CC2)c(C(=O)O)c1. The zero-order valence-electron chi connectivity index (χ0n) is 10.2. The fourth-order valence-electron chi connectivity index (χ4n) is 1.72. The van der Waals surface area contributed by atoms with E-state index in [0.717, 1.165) is 12.5 Å². The molecule has 0 spiro atoms. The fraction of sp³-hybridized carbons (Fsp3) is 0.417. The van der Waals surface area contributed by atoms with Gasteiger partial charge in [-0.3, -0.25) is 0 Å². The number of nitrogens with two attached hydrogens (primary N) is 1. The Balaban J connectivity index is 2.19. The van der Waals surface area contributed by atoms with Crippen LogP contribution in [0.5, 0.6) is 5.75 Å². The zero-order valence-corrected chi connectivity index (χ0v) is 11.0. The fourth-order valence-corrected chi connectivity index (χ4v) is 2.26.